The second-order valence-corrected chi connectivity index (χ2v) is 5.50. The summed E-state index contributed by atoms with van der Waals surface area (Å²) in [7, 11) is 0. The Balaban J connectivity index is 3.22. The normalized spacial score (nSPS) is 11.4. The predicted molar refractivity (Wildman–Crippen MR) is 78.9 cm³/mol. The van der Waals surface area contributed by atoms with Crippen LogP contribution in [-0.4, -0.2) is 18.1 Å². The first-order valence-electron chi connectivity index (χ1n) is 6.49. The maximum absolute atomic E-state index is 5.78. The van der Waals surface area contributed by atoms with Crippen molar-refractivity contribution in [2.75, 3.05) is 18.0 Å². The number of likely N-dealkylation sites (N-methyl/N-ethyl adjacent to an activating group) is 1. The zero-order valence-electron chi connectivity index (χ0n) is 12.0. The Morgan fingerprint density at radius 3 is 2.50 bits per heavy atom. The topological polar surface area (TPSA) is 42.1 Å². The second kappa shape index (κ2) is 6.01. The van der Waals surface area contributed by atoms with Gasteiger partial charge in [-0.3, -0.25) is 0 Å². The number of hydrogen-bond acceptors (Lipinski definition) is 3. The van der Waals surface area contributed by atoms with Gasteiger partial charge in [-0.1, -0.05) is 26.8 Å². The van der Waals surface area contributed by atoms with Crippen molar-refractivity contribution in [2.24, 2.45) is 5.73 Å². The smallest absolute Gasteiger partial charge is 0.129 e. The van der Waals surface area contributed by atoms with E-state index in [1.54, 1.807) is 0 Å². The number of anilines is 1. The molecule has 1 rings (SSSR count). The molecule has 1 heterocycles. The van der Waals surface area contributed by atoms with Gasteiger partial charge in [0.05, 0.1) is 0 Å². The average molecular weight is 247 g/mol. The fraction of sp³-hybridized carbons (Fsp3) is 0.533. The van der Waals surface area contributed by atoms with Crippen LogP contribution < -0.4 is 10.6 Å². The number of rotatable bonds is 5. The molecule has 3 heteroatoms. The van der Waals surface area contributed by atoms with Crippen molar-refractivity contribution >= 4 is 5.82 Å². The van der Waals surface area contributed by atoms with Gasteiger partial charge in [-0.05, 0) is 24.6 Å². The predicted octanol–water partition coefficient (Wildman–Crippen LogP) is 2.85. The van der Waals surface area contributed by atoms with Crippen LogP contribution >= 0.6 is 0 Å². The first-order chi connectivity index (χ1) is 8.42. The number of hydrogen-bond donors (Lipinski definition) is 1. The summed E-state index contributed by atoms with van der Waals surface area (Å²) in [6.45, 7) is 14.7. The lowest BCUT2D eigenvalue weighted by Crippen LogP contribution is -2.25. The van der Waals surface area contributed by atoms with Gasteiger partial charge in [0.15, 0.2) is 0 Å². The van der Waals surface area contributed by atoms with Gasteiger partial charge in [0.25, 0.3) is 0 Å². The molecule has 0 saturated carbocycles. The minimum Gasteiger partial charge on any atom is -0.353 e. The number of pyridine rings is 1. The molecule has 0 aliphatic rings. The molecule has 0 aliphatic heterocycles. The van der Waals surface area contributed by atoms with E-state index >= 15 is 0 Å². The van der Waals surface area contributed by atoms with Crippen LogP contribution in [0.4, 0.5) is 5.82 Å². The minimum atomic E-state index is 0.0352. The Morgan fingerprint density at radius 1 is 1.39 bits per heavy atom. The van der Waals surface area contributed by atoms with E-state index in [0.717, 1.165) is 30.2 Å². The fourth-order valence-corrected chi connectivity index (χ4v) is 1.78. The molecule has 100 valence electrons. The molecule has 0 atom stereocenters. The number of nitrogens with two attached hydrogens (primary N) is 1. The lowest BCUT2D eigenvalue weighted by Gasteiger charge is -2.25. The van der Waals surface area contributed by atoms with E-state index in [1.165, 1.54) is 0 Å². The van der Waals surface area contributed by atoms with E-state index in [-0.39, 0.29) is 5.41 Å². The van der Waals surface area contributed by atoms with Crippen LogP contribution in [0.1, 0.15) is 39.0 Å². The molecule has 0 radical (unpaired) electrons. The van der Waals surface area contributed by atoms with Crippen molar-refractivity contribution < 1.29 is 0 Å². The molecule has 0 bridgehead atoms. The molecule has 0 spiro atoms. The Bertz CT molecular complexity index is 405. The maximum atomic E-state index is 5.78. The van der Waals surface area contributed by atoms with Crippen molar-refractivity contribution in [2.45, 2.75) is 39.7 Å². The van der Waals surface area contributed by atoms with Gasteiger partial charge in [-0.25, -0.2) is 4.98 Å². The Morgan fingerprint density at radius 2 is 2.06 bits per heavy atom. The molecule has 0 aromatic carbocycles. The summed E-state index contributed by atoms with van der Waals surface area (Å²) in [5, 5.41) is 0. The molecule has 3 nitrogen and oxygen atoms in total. The highest BCUT2D eigenvalue weighted by molar-refractivity contribution is 5.44. The third kappa shape index (κ3) is 3.57. The van der Waals surface area contributed by atoms with Crippen molar-refractivity contribution in [1.29, 1.82) is 0 Å². The molecule has 0 saturated heterocycles. The monoisotopic (exact) mass is 247 g/mol. The molecule has 2 N–H and O–H groups in total. The van der Waals surface area contributed by atoms with Crippen LogP contribution in [0.5, 0.6) is 0 Å². The Kier molecular flexibility index (Phi) is 4.91. The Labute approximate surface area is 111 Å². The first-order valence-corrected chi connectivity index (χ1v) is 6.49. The van der Waals surface area contributed by atoms with Crippen molar-refractivity contribution in [3.8, 4) is 0 Å². The summed E-state index contributed by atoms with van der Waals surface area (Å²) in [5.74, 6) is 0.991. The second-order valence-electron chi connectivity index (χ2n) is 5.50. The first kappa shape index (κ1) is 14.7. The standard InChI is InChI=1S/C15H25N3/c1-6-8-18(7-2)14-10-12(11-16)9-13(17-14)15(3,4)5/h6,9-10H,1,7-8,11,16H2,2-5H3. The van der Waals surface area contributed by atoms with E-state index in [9.17, 15) is 0 Å². The number of aromatic nitrogens is 1. The van der Waals surface area contributed by atoms with Gasteiger partial charge < -0.3 is 10.6 Å². The van der Waals surface area contributed by atoms with Crippen LogP contribution in [0, 0.1) is 0 Å². The van der Waals surface area contributed by atoms with Gasteiger partial charge in [0, 0.05) is 30.7 Å². The van der Waals surface area contributed by atoms with Crippen molar-refractivity contribution in [3.63, 3.8) is 0 Å². The molecular formula is C15H25N3. The molecule has 0 unspecified atom stereocenters. The van der Waals surface area contributed by atoms with Crippen LogP contribution in [0.25, 0.3) is 0 Å². The van der Waals surface area contributed by atoms with Crippen molar-refractivity contribution in [3.05, 3.63) is 36.0 Å². The molecular weight excluding hydrogens is 222 g/mol. The minimum absolute atomic E-state index is 0.0352. The number of nitrogens with zero attached hydrogens (tertiary/aromatic N) is 2. The lowest BCUT2D eigenvalue weighted by molar-refractivity contribution is 0.567. The zero-order valence-corrected chi connectivity index (χ0v) is 12.0. The van der Waals surface area contributed by atoms with Gasteiger partial charge >= 0.3 is 0 Å². The summed E-state index contributed by atoms with van der Waals surface area (Å²) in [6, 6.07) is 4.17. The largest absolute Gasteiger partial charge is 0.353 e. The summed E-state index contributed by atoms with van der Waals surface area (Å²) in [5.41, 5.74) is 8.03. The SMILES string of the molecule is C=CCN(CC)c1cc(CN)cc(C(C)(C)C)n1. The summed E-state index contributed by atoms with van der Waals surface area (Å²) in [4.78, 5) is 6.96. The van der Waals surface area contributed by atoms with E-state index in [1.807, 2.05) is 6.08 Å². The van der Waals surface area contributed by atoms with Gasteiger partial charge in [0.2, 0.25) is 0 Å². The van der Waals surface area contributed by atoms with E-state index < -0.39 is 0 Å². The molecule has 0 fully saturated rings. The quantitative estimate of drug-likeness (QED) is 0.814. The maximum Gasteiger partial charge on any atom is 0.129 e. The van der Waals surface area contributed by atoms with E-state index in [4.69, 9.17) is 10.7 Å². The fourth-order valence-electron chi connectivity index (χ4n) is 1.78. The Hall–Kier alpha value is -1.35. The molecule has 0 aliphatic carbocycles. The highest BCUT2D eigenvalue weighted by Crippen LogP contribution is 2.24. The molecule has 18 heavy (non-hydrogen) atoms. The van der Waals surface area contributed by atoms with Crippen molar-refractivity contribution in [1.82, 2.24) is 4.98 Å². The van der Waals surface area contributed by atoms with Gasteiger partial charge in [-0.2, -0.15) is 0 Å². The third-order valence-corrected chi connectivity index (χ3v) is 2.93. The molecule has 0 amide bonds. The summed E-state index contributed by atoms with van der Waals surface area (Å²) in [6.07, 6.45) is 1.90. The van der Waals surface area contributed by atoms with E-state index in [0.29, 0.717) is 6.54 Å². The highest BCUT2D eigenvalue weighted by Gasteiger charge is 2.18. The highest BCUT2D eigenvalue weighted by atomic mass is 15.2. The van der Waals surface area contributed by atoms with Gasteiger partial charge in [-0.15, -0.1) is 6.58 Å². The zero-order chi connectivity index (χ0) is 13.8. The summed E-state index contributed by atoms with van der Waals surface area (Å²) >= 11 is 0. The van der Waals surface area contributed by atoms with Crippen LogP contribution in [0.15, 0.2) is 24.8 Å². The summed E-state index contributed by atoms with van der Waals surface area (Å²) < 4.78 is 0. The average Bonchev–Trinajstić information content (AvgIpc) is 2.34. The lowest BCUT2D eigenvalue weighted by atomic mass is 9.90. The van der Waals surface area contributed by atoms with Crippen LogP contribution in [0.3, 0.4) is 0 Å². The van der Waals surface area contributed by atoms with Crippen LogP contribution in [0.2, 0.25) is 0 Å². The van der Waals surface area contributed by atoms with Crippen LogP contribution in [-0.2, 0) is 12.0 Å². The third-order valence-electron chi connectivity index (χ3n) is 2.93. The van der Waals surface area contributed by atoms with Gasteiger partial charge in [0.1, 0.15) is 5.82 Å². The molecule has 1 aromatic heterocycles. The molecule has 1 aromatic rings. The van der Waals surface area contributed by atoms with E-state index in [2.05, 4.69) is 51.3 Å².